The Bertz CT molecular complexity index is 1050. The standard InChI is InChI=1S/C23H28ClN5O4/c1-27-14-15(13-25-27)21(30)26-17-7-10-28(11-8-17)23(32)19-4-3-9-29(19)22(31)18-12-16(24)5-6-20(18)33-2/h5-6,12-14,17,19H,3-4,7-11H2,1-2H3,(H,26,30). The minimum absolute atomic E-state index is 0.00112. The van der Waals surface area contributed by atoms with E-state index in [1.165, 1.54) is 13.3 Å². The molecule has 33 heavy (non-hydrogen) atoms. The fourth-order valence-corrected chi connectivity index (χ4v) is 4.70. The zero-order valence-corrected chi connectivity index (χ0v) is 19.5. The van der Waals surface area contributed by atoms with Crippen LogP contribution in [0.2, 0.25) is 5.02 Å². The van der Waals surface area contributed by atoms with Crippen molar-refractivity contribution < 1.29 is 19.1 Å². The summed E-state index contributed by atoms with van der Waals surface area (Å²) in [6, 6.07) is 4.41. The molecule has 10 heteroatoms. The first-order valence-electron chi connectivity index (χ1n) is 11.1. The molecule has 0 aliphatic carbocycles. The Balaban J connectivity index is 1.37. The van der Waals surface area contributed by atoms with Gasteiger partial charge < -0.3 is 19.9 Å². The predicted octanol–water partition coefficient (Wildman–Crippen LogP) is 2.11. The topological polar surface area (TPSA) is 96.8 Å². The van der Waals surface area contributed by atoms with Crippen molar-refractivity contribution in [3.8, 4) is 5.75 Å². The van der Waals surface area contributed by atoms with E-state index in [1.54, 1.807) is 45.9 Å². The van der Waals surface area contributed by atoms with Gasteiger partial charge in [0.15, 0.2) is 0 Å². The fourth-order valence-electron chi connectivity index (χ4n) is 4.53. The number of methoxy groups -OCH3 is 1. The van der Waals surface area contributed by atoms with Crippen molar-refractivity contribution in [3.05, 3.63) is 46.7 Å². The lowest BCUT2D eigenvalue weighted by Crippen LogP contribution is -2.52. The number of hydrogen-bond donors (Lipinski definition) is 1. The normalized spacial score (nSPS) is 18.9. The van der Waals surface area contributed by atoms with Crippen molar-refractivity contribution in [1.29, 1.82) is 0 Å². The van der Waals surface area contributed by atoms with Crippen LogP contribution in [0.15, 0.2) is 30.6 Å². The maximum Gasteiger partial charge on any atom is 0.258 e. The van der Waals surface area contributed by atoms with Crippen molar-refractivity contribution >= 4 is 29.3 Å². The second-order valence-electron chi connectivity index (χ2n) is 8.48. The van der Waals surface area contributed by atoms with Gasteiger partial charge in [0, 0.05) is 43.9 Å². The molecule has 1 N–H and O–H groups in total. The maximum absolute atomic E-state index is 13.3. The van der Waals surface area contributed by atoms with Gasteiger partial charge in [-0.3, -0.25) is 19.1 Å². The molecule has 3 heterocycles. The summed E-state index contributed by atoms with van der Waals surface area (Å²) in [5, 5.41) is 7.49. The van der Waals surface area contributed by atoms with Gasteiger partial charge in [0.2, 0.25) is 5.91 Å². The van der Waals surface area contributed by atoms with E-state index in [0.717, 1.165) is 6.42 Å². The lowest BCUT2D eigenvalue weighted by Gasteiger charge is -2.35. The number of aryl methyl sites for hydroxylation is 1. The molecule has 2 saturated heterocycles. The Labute approximate surface area is 197 Å². The number of amides is 3. The number of piperidine rings is 1. The Hall–Kier alpha value is -3.07. The van der Waals surface area contributed by atoms with Crippen LogP contribution in [0.3, 0.4) is 0 Å². The van der Waals surface area contributed by atoms with Gasteiger partial charge in [-0.25, -0.2) is 0 Å². The monoisotopic (exact) mass is 473 g/mol. The molecule has 0 saturated carbocycles. The van der Waals surface area contributed by atoms with Gasteiger partial charge in [-0.15, -0.1) is 0 Å². The molecule has 2 aromatic rings. The zero-order valence-electron chi connectivity index (χ0n) is 18.8. The summed E-state index contributed by atoms with van der Waals surface area (Å²) < 4.78 is 6.92. The number of rotatable bonds is 5. The van der Waals surface area contributed by atoms with Crippen LogP contribution in [0.5, 0.6) is 5.75 Å². The molecule has 1 atom stereocenters. The number of hydrogen-bond acceptors (Lipinski definition) is 5. The largest absolute Gasteiger partial charge is 0.496 e. The summed E-state index contributed by atoms with van der Waals surface area (Å²) in [5.41, 5.74) is 0.883. The number of ether oxygens (including phenoxy) is 1. The van der Waals surface area contributed by atoms with E-state index in [1.807, 2.05) is 0 Å². The Morgan fingerprint density at radius 3 is 2.58 bits per heavy atom. The summed E-state index contributed by atoms with van der Waals surface area (Å²) in [5.74, 6) is -0.00807. The smallest absolute Gasteiger partial charge is 0.258 e. The minimum atomic E-state index is -0.497. The van der Waals surface area contributed by atoms with Crippen molar-refractivity contribution in [2.24, 2.45) is 7.05 Å². The minimum Gasteiger partial charge on any atom is -0.496 e. The second-order valence-corrected chi connectivity index (χ2v) is 8.91. The first kappa shape index (κ1) is 23.1. The highest BCUT2D eigenvalue weighted by atomic mass is 35.5. The summed E-state index contributed by atoms with van der Waals surface area (Å²) in [6.45, 7) is 1.59. The number of carbonyl (C=O) groups is 3. The third-order valence-corrected chi connectivity index (χ3v) is 6.53. The Morgan fingerprint density at radius 1 is 1.15 bits per heavy atom. The lowest BCUT2D eigenvalue weighted by atomic mass is 10.0. The van der Waals surface area contributed by atoms with Crippen molar-refractivity contribution in [1.82, 2.24) is 24.9 Å². The van der Waals surface area contributed by atoms with E-state index in [0.29, 0.717) is 60.8 Å². The van der Waals surface area contributed by atoms with E-state index in [9.17, 15) is 14.4 Å². The zero-order chi connectivity index (χ0) is 23.5. The molecule has 2 aliphatic heterocycles. The van der Waals surface area contributed by atoms with Gasteiger partial charge in [0.25, 0.3) is 11.8 Å². The number of benzene rings is 1. The first-order valence-corrected chi connectivity index (χ1v) is 11.5. The highest BCUT2D eigenvalue weighted by Gasteiger charge is 2.38. The molecular formula is C23H28ClN5O4. The van der Waals surface area contributed by atoms with Crippen LogP contribution in [-0.4, -0.2) is 76.1 Å². The third kappa shape index (κ3) is 4.98. The van der Waals surface area contributed by atoms with E-state index in [-0.39, 0.29) is 23.8 Å². The van der Waals surface area contributed by atoms with Crippen LogP contribution in [0.1, 0.15) is 46.4 Å². The Morgan fingerprint density at radius 2 is 1.91 bits per heavy atom. The van der Waals surface area contributed by atoms with Crippen LogP contribution >= 0.6 is 11.6 Å². The van der Waals surface area contributed by atoms with Crippen molar-refractivity contribution in [2.45, 2.75) is 37.8 Å². The SMILES string of the molecule is COc1ccc(Cl)cc1C(=O)N1CCCC1C(=O)N1CCC(NC(=O)c2cnn(C)c2)CC1. The number of nitrogens with one attached hydrogen (secondary N) is 1. The molecule has 1 aromatic heterocycles. The summed E-state index contributed by atoms with van der Waals surface area (Å²) in [7, 11) is 3.27. The average molecular weight is 474 g/mol. The van der Waals surface area contributed by atoms with Gasteiger partial charge in [-0.05, 0) is 43.9 Å². The van der Waals surface area contributed by atoms with E-state index in [4.69, 9.17) is 16.3 Å². The second kappa shape index (κ2) is 9.82. The van der Waals surface area contributed by atoms with Crippen LogP contribution in [0, 0.1) is 0 Å². The highest BCUT2D eigenvalue weighted by Crippen LogP contribution is 2.29. The fraction of sp³-hybridized carbons (Fsp3) is 0.478. The lowest BCUT2D eigenvalue weighted by molar-refractivity contribution is -0.136. The van der Waals surface area contributed by atoms with Gasteiger partial charge in [0.1, 0.15) is 11.8 Å². The van der Waals surface area contributed by atoms with Gasteiger partial charge in [0.05, 0.1) is 24.4 Å². The van der Waals surface area contributed by atoms with Gasteiger partial charge >= 0.3 is 0 Å². The number of aromatic nitrogens is 2. The number of likely N-dealkylation sites (tertiary alicyclic amines) is 2. The molecule has 0 spiro atoms. The van der Waals surface area contributed by atoms with Gasteiger partial charge in [-0.1, -0.05) is 11.6 Å². The van der Waals surface area contributed by atoms with Gasteiger partial charge in [-0.2, -0.15) is 5.10 Å². The molecule has 0 bridgehead atoms. The number of nitrogens with zero attached hydrogens (tertiary/aromatic N) is 4. The molecule has 0 radical (unpaired) electrons. The molecule has 2 fully saturated rings. The van der Waals surface area contributed by atoms with Crippen LogP contribution in [0.25, 0.3) is 0 Å². The third-order valence-electron chi connectivity index (χ3n) is 6.30. The van der Waals surface area contributed by atoms with Crippen LogP contribution < -0.4 is 10.1 Å². The quantitative estimate of drug-likeness (QED) is 0.717. The van der Waals surface area contributed by atoms with Crippen LogP contribution in [0.4, 0.5) is 0 Å². The van der Waals surface area contributed by atoms with Crippen molar-refractivity contribution in [3.63, 3.8) is 0 Å². The van der Waals surface area contributed by atoms with Crippen molar-refractivity contribution in [2.75, 3.05) is 26.7 Å². The molecule has 1 aromatic carbocycles. The molecule has 4 rings (SSSR count). The molecule has 176 valence electrons. The van der Waals surface area contributed by atoms with E-state index < -0.39 is 6.04 Å². The molecule has 3 amide bonds. The summed E-state index contributed by atoms with van der Waals surface area (Å²) in [6.07, 6.45) is 5.94. The summed E-state index contributed by atoms with van der Waals surface area (Å²) in [4.78, 5) is 42.4. The molecule has 1 unspecified atom stereocenters. The Kier molecular flexibility index (Phi) is 6.88. The number of halogens is 1. The van der Waals surface area contributed by atoms with E-state index >= 15 is 0 Å². The average Bonchev–Trinajstić information content (AvgIpc) is 3.48. The van der Waals surface area contributed by atoms with E-state index in [2.05, 4.69) is 10.4 Å². The number of carbonyl (C=O) groups excluding carboxylic acids is 3. The summed E-state index contributed by atoms with van der Waals surface area (Å²) >= 11 is 6.10. The first-order chi connectivity index (χ1) is 15.9. The predicted molar refractivity (Wildman–Crippen MR) is 122 cm³/mol. The molecule has 9 nitrogen and oxygen atoms in total. The molecule has 2 aliphatic rings. The molecular weight excluding hydrogens is 446 g/mol. The van der Waals surface area contributed by atoms with Crippen LogP contribution in [-0.2, 0) is 11.8 Å². The highest BCUT2D eigenvalue weighted by molar-refractivity contribution is 6.31. The maximum atomic E-state index is 13.3.